The summed E-state index contributed by atoms with van der Waals surface area (Å²) in [5, 5.41) is 2.23. The van der Waals surface area contributed by atoms with Crippen molar-refractivity contribution in [2.24, 2.45) is 11.7 Å². The van der Waals surface area contributed by atoms with Gasteiger partial charge in [-0.25, -0.2) is 4.98 Å². The first-order valence-corrected chi connectivity index (χ1v) is 6.63. The summed E-state index contributed by atoms with van der Waals surface area (Å²) in [4.78, 5) is 6.82. The van der Waals surface area contributed by atoms with Gasteiger partial charge in [-0.3, -0.25) is 0 Å². The zero-order valence-corrected chi connectivity index (χ0v) is 11.3. The van der Waals surface area contributed by atoms with E-state index in [9.17, 15) is 0 Å². The highest BCUT2D eigenvalue weighted by molar-refractivity contribution is 5.96. The Morgan fingerprint density at radius 2 is 2.11 bits per heavy atom. The average Bonchev–Trinajstić information content (AvgIpc) is 2.77. The number of hydrogen-bond donors (Lipinski definition) is 1. The topological polar surface area (TPSA) is 51.4 Å². The second-order valence-corrected chi connectivity index (χ2v) is 5.24. The summed E-state index contributed by atoms with van der Waals surface area (Å²) in [6.07, 6.45) is 1.84. The van der Waals surface area contributed by atoms with Crippen molar-refractivity contribution in [3.8, 4) is 5.75 Å². The van der Waals surface area contributed by atoms with E-state index in [2.05, 4.69) is 22.9 Å². The van der Waals surface area contributed by atoms with E-state index in [4.69, 9.17) is 10.5 Å². The molecule has 2 aromatic rings. The smallest absolute Gasteiger partial charge is 0.136 e. The Labute approximate surface area is 113 Å². The van der Waals surface area contributed by atoms with Gasteiger partial charge in [-0.1, -0.05) is 19.1 Å². The lowest BCUT2D eigenvalue weighted by Gasteiger charge is -2.19. The molecule has 2 unspecified atom stereocenters. The molecule has 100 valence electrons. The Balaban J connectivity index is 2.10. The van der Waals surface area contributed by atoms with Crippen LogP contribution < -0.4 is 15.4 Å². The van der Waals surface area contributed by atoms with Crippen LogP contribution in [0.15, 0.2) is 30.5 Å². The van der Waals surface area contributed by atoms with Crippen molar-refractivity contribution >= 4 is 16.6 Å². The maximum Gasteiger partial charge on any atom is 0.136 e. The number of fused-ring (bicyclic) bond motifs is 1. The summed E-state index contributed by atoms with van der Waals surface area (Å²) < 4.78 is 5.42. The first kappa shape index (κ1) is 12.2. The summed E-state index contributed by atoms with van der Waals surface area (Å²) in [6, 6.07) is 8.30. The summed E-state index contributed by atoms with van der Waals surface area (Å²) in [5.74, 6) is 2.40. The Morgan fingerprint density at radius 1 is 1.26 bits per heavy atom. The molecule has 1 fully saturated rings. The van der Waals surface area contributed by atoms with Gasteiger partial charge in [0, 0.05) is 36.1 Å². The monoisotopic (exact) mass is 257 g/mol. The van der Waals surface area contributed by atoms with Gasteiger partial charge in [-0.2, -0.15) is 0 Å². The first-order chi connectivity index (χ1) is 9.20. The Hall–Kier alpha value is -1.81. The molecule has 2 atom stereocenters. The van der Waals surface area contributed by atoms with E-state index in [1.54, 1.807) is 7.11 Å². The van der Waals surface area contributed by atoms with E-state index in [-0.39, 0.29) is 6.04 Å². The fourth-order valence-corrected chi connectivity index (χ4v) is 2.76. The number of methoxy groups -OCH3 is 1. The van der Waals surface area contributed by atoms with Gasteiger partial charge in [0.2, 0.25) is 0 Å². The number of rotatable bonds is 2. The maximum absolute atomic E-state index is 6.11. The standard InChI is InChI=1S/C15H19N3O/c1-10-8-18(9-13(10)16)15-12-4-3-5-14(19-2)11(12)6-7-17-15/h3-7,10,13H,8-9,16H2,1-2H3. The largest absolute Gasteiger partial charge is 0.496 e. The van der Waals surface area contributed by atoms with E-state index in [1.165, 1.54) is 0 Å². The van der Waals surface area contributed by atoms with Crippen LogP contribution in [-0.4, -0.2) is 31.2 Å². The average molecular weight is 257 g/mol. The van der Waals surface area contributed by atoms with Crippen molar-refractivity contribution in [3.63, 3.8) is 0 Å². The second-order valence-electron chi connectivity index (χ2n) is 5.24. The summed E-state index contributed by atoms with van der Waals surface area (Å²) in [6.45, 7) is 4.02. The molecule has 1 aliphatic heterocycles. The number of ether oxygens (including phenoxy) is 1. The molecule has 19 heavy (non-hydrogen) atoms. The fourth-order valence-electron chi connectivity index (χ4n) is 2.76. The van der Waals surface area contributed by atoms with Crippen molar-refractivity contribution in [2.45, 2.75) is 13.0 Å². The van der Waals surface area contributed by atoms with Gasteiger partial charge in [0.1, 0.15) is 11.6 Å². The molecule has 4 heteroatoms. The highest BCUT2D eigenvalue weighted by atomic mass is 16.5. The molecule has 0 spiro atoms. The van der Waals surface area contributed by atoms with E-state index in [0.717, 1.165) is 35.4 Å². The lowest BCUT2D eigenvalue weighted by atomic mass is 10.1. The molecule has 1 aromatic carbocycles. The third kappa shape index (κ3) is 2.02. The van der Waals surface area contributed by atoms with Crippen molar-refractivity contribution < 1.29 is 4.74 Å². The summed E-state index contributed by atoms with van der Waals surface area (Å²) in [5.41, 5.74) is 6.11. The number of benzene rings is 1. The molecule has 4 nitrogen and oxygen atoms in total. The van der Waals surface area contributed by atoms with E-state index >= 15 is 0 Å². The molecule has 2 N–H and O–H groups in total. The third-order valence-electron chi connectivity index (χ3n) is 3.93. The van der Waals surface area contributed by atoms with Crippen LogP contribution >= 0.6 is 0 Å². The lowest BCUT2D eigenvalue weighted by Crippen LogP contribution is -2.28. The third-order valence-corrected chi connectivity index (χ3v) is 3.93. The van der Waals surface area contributed by atoms with E-state index < -0.39 is 0 Å². The number of nitrogens with two attached hydrogens (primary N) is 1. The van der Waals surface area contributed by atoms with Crippen LogP contribution in [0.25, 0.3) is 10.8 Å². The van der Waals surface area contributed by atoms with Crippen molar-refractivity contribution in [3.05, 3.63) is 30.5 Å². The van der Waals surface area contributed by atoms with Gasteiger partial charge >= 0.3 is 0 Å². The molecule has 0 bridgehead atoms. The van der Waals surface area contributed by atoms with Gasteiger partial charge in [0.05, 0.1) is 7.11 Å². The Bertz CT molecular complexity index is 589. The second kappa shape index (κ2) is 4.70. The zero-order valence-electron chi connectivity index (χ0n) is 11.3. The Kier molecular flexibility index (Phi) is 3.03. The van der Waals surface area contributed by atoms with Gasteiger partial charge in [0.15, 0.2) is 0 Å². The maximum atomic E-state index is 6.11. The van der Waals surface area contributed by atoms with Crippen LogP contribution in [0.1, 0.15) is 6.92 Å². The lowest BCUT2D eigenvalue weighted by molar-refractivity contribution is 0.420. The van der Waals surface area contributed by atoms with Gasteiger partial charge < -0.3 is 15.4 Å². The van der Waals surface area contributed by atoms with Crippen LogP contribution in [0.4, 0.5) is 5.82 Å². The van der Waals surface area contributed by atoms with Crippen LogP contribution in [-0.2, 0) is 0 Å². The van der Waals surface area contributed by atoms with Crippen LogP contribution in [0.2, 0.25) is 0 Å². The van der Waals surface area contributed by atoms with Crippen LogP contribution in [0.5, 0.6) is 5.75 Å². The molecule has 1 saturated heterocycles. The zero-order chi connectivity index (χ0) is 13.4. The summed E-state index contributed by atoms with van der Waals surface area (Å²) in [7, 11) is 1.70. The molecular weight excluding hydrogens is 238 g/mol. The minimum Gasteiger partial charge on any atom is -0.496 e. The highest BCUT2D eigenvalue weighted by Crippen LogP contribution is 2.32. The molecule has 1 aliphatic rings. The van der Waals surface area contributed by atoms with Crippen molar-refractivity contribution in [1.82, 2.24) is 4.98 Å². The van der Waals surface area contributed by atoms with Gasteiger partial charge in [-0.05, 0) is 18.1 Å². The molecule has 2 heterocycles. The van der Waals surface area contributed by atoms with Crippen molar-refractivity contribution in [1.29, 1.82) is 0 Å². The number of hydrogen-bond acceptors (Lipinski definition) is 4. The molecule has 0 radical (unpaired) electrons. The quantitative estimate of drug-likeness (QED) is 0.894. The highest BCUT2D eigenvalue weighted by Gasteiger charge is 2.28. The normalized spacial score (nSPS) is 23.0. The van der Waals surface area contributed by atoms with Gasteiger partial charge in [0.25, 0.3) is 0 Å². The molecule has 1 aromatic heterocycles. The molecule has 0 aliphatic carbocycles. The number of aromatic nitrogens is 1. The van der Waals surface area contributed by atoms with Crippen molar-refractivity contribution in [2.75, 3.05) is 25.1 Å². The number of nitrogens with zero attached hydrogens (tertiary/aromatic N) is 2. The fraction of sp³-hybridized carbons (Fsp3) is 0.400. The van der Waals surface area contributed by atoms with Crippen LogP contribution in [0, 0.1) is 5.92 Å². The minimum atomic E-state index is 0.225. The molecule has 3 rings (SSSR count). The number of pyridine rings is 1. The Morgan fingerprint density at radius 3 is 2.79 bits per heavy atom. The van der Waals surface area contributed by atoms with Crippen LogP contribution in [0.3, 0.4) is 0 Å². The predicted octanol–water partition coefficient (Wildman–Crippen LogP) is 2.03. The SMILES string of the molecule is COc1cccc2c(N3CC(C)C(N)C3)nccc12. The van der Waals surface area contributed by atoms with E-state index in [0.29, 0.717) is 5.92 Å². The predicted molar refractivity (Wildman–Crippen MR) is 77.6 cm³/mol. The summed E-state index contributed by atoms with van der Waals surface area (Å²) >= 11 is 0. The number of anilines is 1. The van der Waals surface area contributed by atoms with Gasteiger partial charge in [-0.15, -0.1) is 0 Å². The molecule has 0 amide bonds. The molecule has 0 saturated carbocycles. The molecular formula is C15H19N3O. The minimum absolute atomic E-state index is 0.225. The van der Waals surface area contributed by atoms with E-state index in [1.807, 2.05) is 24.4 Å². The first-order valence-electron chi connectivity index (χ1n) is 6.63.